The van der Waals surface area contributed by atoms with Gasteiger partial charge >= 0.3 is 0 Å². The first-order chi connectivity index (χ1) is 13.0. The number of halogens is 1. The monoisotopic (exact) mass is 379 g/mol. The molecule has 1 amide bonds. The highest BCUT2D eigenvalue weighted by Crippen LogP contribution is 2.17. The van der Waals surface area contributed by atoms with Gasteiger partial charge in [0.05, 0.1) is 32.1 Å². The number of methoxy groups -OCH3 is 3. The molecule has 0 aliphatic rings. The molecule has 2 rings (SSSR count). The van der Waals surface area contributed by atoms with Crippen molar-refractivity contribution in [1.29, 1.82) is 0 Å². The van der Waals surface area contributed by atoms with E-state index in [1.165, 1.54) is 56.6 Å². The molecule has 0 aliphatic heterocycles. The Bertz CT molecular complexity index is 815. The molecule has 0 unspecified atom stereocenters. The highest BCUT2D eigenvalue weighted by molar-refractivity contribution is 5.94. The van der Waals surface area contributed by atoms with E-state index in [-0.39, 0.29) is 11.4 Å². The van der Waals surface area contributed by atoms with E-state index < -0.39 is 17.3 Å². The van der Waals surface area contributed by atoms with Crippen LogP contribution in [0.5, 0.6) is 5.75 Å². The van der Waals surface area contributed by atoms with Crippen LogP contribution in [0.25, 0.3) is 5.69 Å². The number of carbonyl (C=O) groups excluding carboxylic acids is 1. The van der Waals surface area contributed by atoms with Crippen LogP contribution in [0.2, 0.25) is 0 Å². The summed E-state index contributed by atoms with van der Waals surface area (Å²) in [7, 11) is 4.42. The van der Waals surface area contributed by atoms with Gasteiger partial charge in [-0.3, -0.25) is 9.59 Å². The summed E-state index contributed by atoms with van der Waals surface area (Å²) in [5.41, 5.74) is -0.206. The molecule has 0 saturated heterocycles. The van der Waals surface area contributed by atoms with Crippen LogP contribution in [0.4, 0.5) is 4.39 Å². The topological polar surface area (TPSA) is 82.9 Å². The summed E-state index contributed by atoms with van der Waals surface area (Å²) in [6.07, 6.45) is 0. The van der Waals surface area contributed by atoms with Crippen LogP contribution < -0.4 is 10.3 Å². The van der Waals surface area contributed by atoms with Crippen molar-refractivity contribution in [1.82, 2.24) is 14.7 Å². The Hall–Kier alpha value is -2.78. The molecule has 1 aromatic heterocycles. The molecule has 146 valence electrons. The second-order valence-corrected chi connectivity index (χ2v) is 5.57. The molecule has 0 N–H and O–H groups in total. The second-order valence-electron chi connectivity index (χ2n) is 5.57. The molecule has 8 nitrogen and oxygen atoms in total. The van der Waals surface area contributed by atoms with Gasteiger partial charge in [0.1, 0.15) is 5.82 Å². The van der Waals surface area contributed by atoms with Crippen molar-refractivity contribution >= 4 is 5.91 Å². The van der Waals surface area contributed by atoms with E-state index in [4.69, 9.17) is 14.2 Å². The van der Waals surface area contributed by atoms with Crippen LogP contribution in [0.3, 0.4) is 0 Å². The molecule has 0 spiro atoms. The van der Waals surface area contributed by atoms with Gasteiger partial charge in [-0.1, -0.05) is 0 Å². The van der Waals surface area contributed by atoms with Crippen molar-refractivity contribution in [3.63, 3.8) is 0 Å². The molecule has 0 bridgehead atoms. The third-order valence-corrected chi connectivity index (χ3v) is 3.81. The van der Waals surface area contributed by atoms with Crippen molar-refractivity contribution in [2.75, 3.05) is 47.6 Å². The van der Waals surface area contributed by atoms with Crippen LogP contribution >= 0.6 is 0 Å². The fourth-order valence-corrected chi connectivity index (χ4v) is 2.38. The lowest BCUT2D eigenvalue weighted by Gasteiger charge is -2.22. The number of hydrogen-bond acceptors (Lipinski definition) is 6. The Morgan fingerprint density at radius 3 is 2.22 bits per heavy atom. The summed E-state index contributed by atoms with van der Waals surface area (Å²) >= 11 is 0. The van der Waals surface area contributed by atoms with Crippen LogP contribution in [0.1, 0.15) is 10.5 Å². The number of hydrogen-bond donors (Lipinski definition) is 0. The molecule has 0 fully saturated rings. The number of aromatic nitrogens is 2. The lowest BCUT2D eigenvalue weighted by atomic mass is 10.2. The first kappa shape index (κ1) is 20.5. The van der Waals surface area contributed by atoms with E-state index in [2.05, 4.69) is 5.10 Å². The predicted molar refractivity (Wildman–Crippen MR) is 96.0 cm³/mol. The normalized spacial score (nSPS) is 10.7. The Labute approximate surface area is 156 Å². The van der Waals surface area contributed by atoms with Crippen LogP contribution in [0.15, 0.2) is 35.1 Å². The predicted octanol–water partition coefficient (Wildman–Crippen LogP) is 1.12. The molecule has 0 aliphatic carbocycles. The van der Waals surface area contributed by atoms with E-state index in [0.29, 0.717) is 32.0 Å². The van der Waals surface area contributed by atoms with Crippen molar-refractivity contribution in [2.45, 2.75) is 0 Å². The van der Waals surface area contributed by atoms with Crippen molar-refractivity contribution in [3.8, 4) is 11.4 Å². The van der Waals surface area contributed by atoms with Gasteiger partial charge < -0.3 is 19.1 Å². The smallest absolute Gasteiger partial charge is 0.278 e. The number of rotatable bonds is 9. The van der Waals surface area contributed by atoms with Crippen molar-refractivity contribution in [3.05, 3.63) is 52.2 Å². The minimum Gasteiger partial charge on any atom is -0.494 e. The molecule has 2 aromatic rings. The van der Waals surface area contributed by atoms with Crippen molar-refractivity contribution < 1.29 is 23.4 Å². The van der Waals surface area contributed by atoms with E-state index in [1.54, 1.807) is 0 Å². The minimum atomic E-state index is -0.504. The SMILES string of the molecule is COCCN(CCOC)C(=O)c1nn(-c2ccc(F)cc2)c(=O)cc1OC. The second kappa shape index (κ2) is 9.79. The summed E-state index contributed by atoms with van der Waals surface area (Å²) in [4.78, 5) is 26.8. The van der Waals surface area contributed by atoms with Crippen LogP contribution in [0, 0.1) is 5.82 Å². The van der Waals surface area contributed by atoms with Crippen LogP contribution in [-0.2, 0) is 9.47 Å². The number of carbonyl (C=O) groups is 1. The minimum absolute atomic E-state index is 0.0337. The maximum atomic E-state index is 13.2. The molecule has 0 radical (unpaired) electrons. The molecule has 27 heavy (non-hydrogen) atoms. The number of amides is 1. The Morgan fingerprint density at radius 1 is 1.11 bits per heavy atom. The number of benzene rings is 1. The van der Waals surface area contributed by atoms with Gasteiger partial charge in [0.2, 0.25) is 0 Å². The lowest BCUT2D eigenvalue weighted by molar-refractivity contribution is 0.0616. The maximum absolute atomic E-state index is 13.2. The van der Waals surface area contributed by atoms with Gasteiger partial charge in [0.25, 0.3) is 11.5 Å². The first-order valence-electron chi connectivity index (χ1n) is 8.23. The Morgan fingerprint density at radius 2 is 1.70 bits per heavy atom. The zero-order valence-electron chi connectivity index (χ0n) is 15.5. The highest BCUT2D eigenvalue weighted by Gasteiger charge is 2.23. The van der Waals surface area contributed by atoms with Gasteiger partial charge in [-0.05, 0) is 24.3 Å². The van der Waals surface area contributed by atoms with Gasteiger partial charge in [0, 0.05) is 27.3 Å². The van der Waals surface area contributed by atoms with Gasteiger partial charge in [-0.15, -0.1) is 0 Å². The zero-order valence-corrected chi connectivity index (χ0v) is 15.5. The summed E-state index contributed by atoms with van der Waals surface area (Å²) in [6, 6.07) is 6.39. The Balaban J connectivity index is 2.46. The van der Waals surface area contributed by atoms with Crippen LogP contribution in [-0.4, -0.2) is 68.2 Å². The maximum Gasteiger partial charge on any atom is 0.278 e. The fraction of sp³-hybridized carbons (Fsp3) is 0.389. The molecular weight excluding hydrogens is 357 g/mol. The Kier molecular flexibility index (Phi) is 7.44. The summed E-state index contributed by atoms with van der Waals surface area (Å²) in [5, 5.41) is 4.16. The third-order valence-electron chi connectivity index (χ3n) is 3.81. The van der Waals surface area contributed by atoms with Gasteiger partial charge in [0.15, 0.2) is 11.4 Å². The number of nitrogens with zero attached hydrogens (tertiary/aromatic N) is 3. The molecule has 0 saturated carbocycles. The molecule has 0 atom stereocenters. The van der Waals surface area contributed by atoms with Gasteiger partial charge in [-0.2, -0.15) is 9.78 Å². The summed E-state index contributed by atoms with van der Waals surface area (Å²) in [6.45, 7) is 1.29. The first-order valence-corrected chi connectivity index (χ1v) is 8.23. The van der Waals surface area contributed by atoms with E-state index in [1.807, 2.05) is 0 Å². The highest BCUT2D eigenvalue weighted by atomic mass is 19.1. The van der Waals surface area contributed by atoms with Gasteiger partial charge in [-0.25, -0.2) is 4.39 Å². The molecule has 9 heteroatoms. The molecular formula is C18H22FN3O5. The third kappa shape index (κ3) is 5.11. The molecule has 1 aromatic carbocycles. The average molecular weight is 379 g/mol. The molecule has 1 heterocycles. The fourth-order valence-electron chi connectivity index (χ4n) is 2.38. The average Bonchev–Trinajstić information content (AvgIpc) is 2.68. The number of ether oxygens (including phenoxy) is 3. The quantitative estimate of drug-likeness (QED) is 0.649. The van der Waals surface area contributed by atoms with E-state index >= 15 is 0 Å². The van der Waals surface area contributed by atoms with E-state index in [0.717, 1.165) is 4.68 Å². The summed E-state index contributed by atoms with van der Waals surface area (Å²) in [5.74, 6) is -0.818. The lowest BCUT2D eigenvalue weighted by Crippen LogP contribution is -2.38. The summed E-state index contributed by atoms with van der Waals surface area (Å²) < 4.78 is 29.4. The standard InChI is InChI=1S/C18H22FN3O5/c1-25-10-8-21(9-11-26-2)18(24)17-15(27-3)12-16(23)22(20-17)14-6-4-13(19)5-7-14/h4-7,12H,8-11H2,1-3H3. The zero-order chi connectivity index (χ0) is 19.8. The van der Waals surface area contributed by atoms with Crippen molar-refractivity contribution in [2.24, 2.45) is 0 Å². The van der Waals surface area contributed by atoms with E-state index in [9.17, 15) is 14.0 Å². The largest absolute Gasteiger partial charge is 0.494 e.